The van der Waals surface area contributed by atoms with Gasteiger partial charge in [0.05, 0.1) is 5.92 Å². The number of aromatic amines is 1. The first-order valence-corrected chi connectivity index (χ1v) is 7.64. The molecule has 0 bridgehead atoms. The smallest absolute Gasteiger partial charge is 0.306 e. The van der Waals surface area contributed by atoms with Gasteiger partial charge in [0, 0.05) is 21.4 Å². The third-order valence-electron chi connectivity index (χ3n) is 3.95. The topological polar surface area (TPSA) is 82.2 Å². The van der Waals surface area contributed by atoms with Crippen LogP contribution in [-0.2, 0) is 4.79 Å². The Morgan fingerprint density at radius 2 is 2.10 bits per heavy atom. The molecule has 5 nitrogen and oxygen atoms in total. The molecule has 3 rings (SSSR count). The van der Waals surface area contributed by atoms with Crippen molar-refractivity contribution in [2.75, 3.05) is 0 Å². The molecular weight excluding hydrogens is 336 g/mol. The summed E-state index contributed by atoms with van der Waals surface area (Å²) in [6, 6.07) is 7.52. The van der Waals surface area contributed by atoms with Crippen LogP contribution in [0.25, 0.3) is 10.9 Å². The highest BCUT2D eigenvalue weighted by Crippen LogP contribution is 2.26. The zero-order valence-corrected chi connectivity index (χ0v) is 12.8. The summed E-state index contributed by atoms with van der Waals surface area (Å²) in [4.78, 5) is 26.2. The predicted octanol–water partition coefficient (Wildman–Crippen LogP) is 2.91. The molecule has 6 heteroatoms. The van der Waals surface area contributed by atoms with E-state index >= 15 is 0 Å². The minimum atomic E-state index is -0.776. The second-order valence-electron chi connectivity index (χ2n) is 5.43. The van der Waals surface area contributed by atoms with E-state index in [1.54, 1.807) is 6.07 Å². The van der Waals surface area contributed by atoms with Crippen LogP contribution in [0, 0.1) is 5.92 Å². The summed E-state index contributed by atoms with van der Waals surface area (Å²) in [7, 11) is 0. The Labute approximate surface area is 129 Å². The summed E-state index contributed by atoms with van der Waals surface area (Å²) in [5.74, 6) is -1.30. The van der Waals surface area contributed by atoms with Crippen LogP contribution >= 0.6 is 15.9 Å². The largest absolute Gasteiger partial charge is 0.481 e. The van der Waals surface area contributed by atoms with E-state index in [0.29, 0.717) is 25.0 Å². The maximum absolute atomic E-state index is 12.2. The number of H-pyrrole nitrogens is 1. The van der Waals surface area contributed by atoms with Gasteiger partial charge in [0.2, 0.25) is 0 Å². The summed E-state index contributed by atoms with van der Waals surface area (Å²) in [5.41, 5.74) is 1.39. The lowest BCUT2D eigenvalue weighted by molar-refractivity contribution is -0.141. The highest BCUT2D eigenvalue weighted by atomic mass is 79.9. The molecule has 2 atom stereocenters. The molecular formula is C15H15BrN2O3. The molecule has 1 saturated carbocycles. The molecule has 2 aromatic rings. The quantitative estimate of drug-likeness (QED) is 0.795. The van der Waals surface area contributed by atoms with Crippen molar-refractivity contribution in [2.24, 2.45) is 5.92 Å². The molecule has 0 radical (unpaired) electrons. The number of fused-ring (bicyclic) bond motifs is 1. The molecule has 1 amide bonds. The molecule has 3 N–H and O–H groups in total. The first-order valence-electron chi connectivity index (χ1n) is 6.85. The van der Waals surface area contributed by atoms with E-state index in [0.717, 1.165) is 15.4 Å². The monoisotopic (exact) mass is 350 g/mol. The fourth-order valence-corrected chi connectivity index (χ4v) is 3.18. The maximum Gasteiger partial charge on any atom is 0.306 e. The fourth-order valence-electron chi connectivity index (χ4n) is 2.82. The van der Waals surface area contributed by atoms with Gasteiger partial charge in [-0.1, -0.05) is 22.0 Å². The number of amides is 1. The number of halogens is 1. The van der Waals surface area contributed by atoms with Crippen molar-refractivity contribution in [3.8, 4) is 0 Å². The molecule has 1 aromatic heterocycles. The molecule has 0 spiro atoms. The number of nitrogens with one attached hydrogen (secondary N) is 2. The summed E-state index contributed by atoms with van der Waals surface area (Å²) < 4.78 is 0.948. The highest BCUT2D eigenvalue weighted by Gasteiger charge is 2.30. The number of rotatable bonds is 3. The van der Waals surface area contributed by atoms with Gasteiger partial charge in [0.1, 0.15) is 5.69 Å². The van der Waals surface area contributed by atoms with Gasteiger partial charge in [-0.2, -0.15) is 0 Å². The fraction of sp³-hybridized carbons (Fsp3) is 0.333. The van der Waals surface area contributed by atoms with E-state index in [-0.39, 0.29) is 17.9 Å². The normalized spacial score (nSPS) is 21.6. The third-order valence-corrected chi connectivity index (χ3v) is 4.44. The average Bonchev–Trinajstić information content (AvgIpc) is 3.04. The number of carbonyl (C=O) groups is 2. The van der Waals surface area contributed by atoms with Crippen LogP contribution in [0.4, 0.5) is 0 Å². The van der Waals surface area contributed by atoms with Gasteiger partial charge < -0.3 is 15.4 Å². The molecule has 110 valence electrons. The van der Waals surface area contributed by atoms with Gasteiger partial charge in [-0.15, -0.1) is 0 Å². The molecule has 1 aliphatic carbocycles. The van der Waals surface area contributed by atoms with Crippen LogP contribution in [0.1, 0.15) is 29.8 Å². The first-order chi connectivity index (χ1) is 10.0. The van der Waals surface area contributed by atoms with Gasteiger partial charge in [-0.25, -0.2) is 0 Å². The van der Waals surface area contributed by atoms with Crippen molar-refractivity contribution in [3.05, 3.63) is 34.4 Å². The number of carboxylic acid groups (broad SMARTS) is 1. The van der Waals surface area contributed by atoms with Crippen molar-refractivity contribution in [2.45, 2.75) is 25.3 Å². The van der Waals surface area contributed by atoms with Crippen LogP contribution in [0.3, 0.4) is 0 Å². The number of hydrogen-bond donors (Lipinski definition) is 3. The Morgan fingerprint density at radius 3 is 2.81 bits per heavy atom. The van der Waals surface area contributed by atoms with Crippen LogP contribution in [-0.4, -0.2) is 28.0 Å². The standard InChI is InChI=1S/C15H15BrN2O3/c16-10-3-1-8-6-13(18-12(8)7-10)14(19)17-11-4-2-9(5-11)15(20)21/h1,3,6-7,9,11,18H,2,4-5H2,(H,17,19)(H,20,21)/t9-,11+/m1/s1. The Balaban J connectivity index is 1.71. The van der Waals surface area contributed by atoms with Crippen molar-refractivity contribution in [3.63, 3.8) is 0 Å². The van der Waals surface area contributed by atoms with Crippen molar-refractivity contribution >= 4 is 38.7 Å². The maximum atomic E-state index is 12.2. The van der Waals surface area contributed by atoms with Crippen molar-refractivity contribution < 1.29 is 14.7 Å². The van der Waals surface area contributed by atoms with Crippen LogP contribution in [0.2, 0.25) is 0 Å². The number of benzene rings is 1. The molecule has 0 unspecified atom stereocenters. The van der Waals surface area contributed by atoms with Crippen molar-refractivity contribution in [1.82, 2.24) is 10.3 Å². The average molecular weight is 351 g/mol. The molecule has 1 fully saturated rings. The number of carboxylic acids is 1. The Hall–Kier alpha value is -1.82. The van der Waals surface area contributed by atoms with Gasteiger partial charge in [0.25, 0.3) is 5.91 Å². The van der Waals surface area contributed by atoms with E-state index in [9.17, 15) is 9.59 Å². The minimum absolute atomic E-state index is 0.0586. The molecule has 0 aliphatic heterocycles. The van der Waals surface area contributed by atoms with Crippen molar-refractivity contribution in [1.29, 1.82) is 0 Å². The van der Waals surface area contributed by atoms with Gasteiger partial charge in [0.15, 0.2) is 0 Å². The molecule has 1 aromatic carbocycles. The lowest BCUT2D eigenvalue weighted by Crippen LogP contribution is -2.33. The molecule has 0 saturated heterocycles. The molecule has 1 heterocycles. The number of aliphatic carboxylic acids is 1. The minimum Gasteiger partial charge on any atom is -0.481 e. The number of hydrogen-bond acceptors (Lipinski definition) is 2. The Bertz CT molecular complexity index is 710. The number of aromatic nitrogens is 1. The van der Waals surface area contributed by atoms with Gasteiger partial charge >= 0.3 is 5.97 Å². The van der Waals surface area contributed by atoms with E-state index in [1.807, 2.05) is 18.2 Å². The zero-order chi connectivity index (χ0) is 15.0. The van der Waals surface area contributed by atoms with Crippen LogP contribution in [0.15, 0.2) is 28.7 Å². The Morgan fingerprint density at radius 1 is 1.29 bits per heavy atom. The predicted molar refractivity (Wildman–Crippen MR) is 82.2 cm³/mol. The van der Waals surface area contributed by atoms with Gasteiger partial charge in [-0.3, -0.25) is 9.59 Å². The zero-order valence-electron chi connectivity index (χ0n) is 11.2. The van der Waals surface area contributed by atoms with Crippen LogP contribution in [0.5, 0.6) is 0 Å². The summed E-state index contributed by atoms with van der Waals surface area (Å²) in [5, 5.41) is 12.9. The summed E-state index contributed by atoms with van der Waals surface area (Å²) >= 11 is 3.39. The lowest BCUT2D eigenvalue weighted by atomic mass is 10.1. The summed E-state index contributed by atoms with van der Waals surface area (Å²) in [6.07, 6.45) is 1.85. The van der Waals surface area contributed by atoms with E-state index in [2.05, 4.69) is 26.2 Å². The van der Waals surface area contributed by atoms with Gasteiger partial charge in [-0.05, 0) is 37.5 Å². The van der Waals surface area contributed by atoms with E-state index < -0.39 is 5.97 Å². The molecule has 21 heavy (non-hydrogen) atoms. The summed E-state index contributed by atoms with van der Waals surface area (Å²) in [6.45, 7) is 0. The highest BCUT2D eigenvalue weighted by molar-refractivity contribution is 9.10. The van der Waals surface area contributed by atoms with E-state index in [1.165, 1.54) is 0 Å². The molecule has 1 aliphatic rings. The van der Waals surface area contributed by atoms with Crippen LogP contribution < -0.4 is 5.32 Å². The Kier molecular flexibility index (Phi) is 3.71. The lowest BCUT2D eigenvalue weighted by Gasteiger charge is -2.11. The second kappa shape index (κ2) is 5.52. The third kappa shape index (κ3) is 2.95. The number of carbonyl (C=O) groups excluding carboxylic acids is 1. The van der Waals surface area contributed by atoms with E-state index in [4.69, 9.17) is 5.11 Å². The first kappa shape index (κ1) is 14.1. The second-order valence-corrected chi connectivity index (χ2v) is 6.35. The SMILES string of the molecule is O=C(N[C@H]1CC[C@@H](C(=O)O)C1)c1cc2ccc(Br)cc2[nH]1.